The van der Waals surface area contributed by atoms with E-state index in [2.05, 4.69) is 31.9 Å². The Kier molecular flexibility index (Phi) is 6.46. The Bertz CT molecular complexity index is 912. The van der Waals surface area contributed by atoms with E-state index in [4.69, 9.17) is 16.3 Å². The van der Waals surface area contributed by atoms with Gasteiger partial charge in [-0.3, -0.25) is 9.79 Å². The smallest absolute Gasteiger partial charge is 0.286 e. The van der Waals surface area contributed by atoms with E-state index in [1.807, 2.05) is 26.0 Å². The molecular formula is C20H25N5O3S. The lowest BCUT2D eigenvalue weighted by molar-refractivity contribution is -0.121. The summed E-state index contributed by atoms with van der Waals surface area (Å²) in [6.07, 6.45) is 8.65. The highest BCUT2D eigenvalue weighted by molar-refractivity contribution is 7.17. The van der Waals surface area contributed by atoms with Crippen LogP contribution in [0.1, 0.15) is 24.8 Å². The number of nitrogens with one attached hydrogen (secondary N) is 3. The summed E-state index contributed by atoms with van der Waals surface area (Å²) >= 11 is 1.61. The number of carbonyl (C=O) groups is 1. The third-order valence-electron chi connectivity index (χ3n) is 4.67. The van der Waals surface area contributed by atoms with Crippen molar-refractivity contribution >= 4 is 33.8 Å². The number of fused-ring (bicyclic) bond motifs is 1. The second kappa shape index (κ2) is 9.03. The lowest BCUT2D eigenvalue weighted by Crippen LogP contribution is -2.36. The van der Waals surface area contributed by atoms with E-state index in [1.165, 1.54) is 0 Å². The maximum Gasteiger partial charge on any atom is 0.286 e. The fourth-order valence-corrected chi connectivity index (χ4v) is 4.51. The largest absolute Gasteiger partial charge is 0.479 e. The summed E-state index contributed by atoms with van der Waals surface area (Å²) in [4.78, 5) is 19.6. The molecule has 2 aliphatic heterocycles. The lowest BCUT2D eigenvalue weighted by Gasteiger charge is -2.30. The van der Waals surface area contributed by atoms with Crippen LogP contribution in [0.4, 0.5) is 10.7 Å². The SMILES string of the molecule is C#CN/C=C(/C)N1CC(=NC)Nc2cc(C3OC(C(=O)NCCO)=CC3C)sc21. The van der Waals surface area contributed by atoms with Crippen LogP contribution in [-0.4, -0.2) is 43.6 Å². The van der Waals surface area contributed by atoms with Gasteiger partial charge in [-0.05, 0) is 19.1 Å². The molecule has 4 N–H and O–H groups in total. The first-order valence-electron chi connectivity index (χ1n) is 9.27. The van der Waals surface area contributed by atoms with Gasteiger partial charge in [-0.25, -0.2) is 0 Å². The minimum atomic E-state index is -0.311. The van der Waals surface area contributed by atoms with Gasteiger partial charge in [-0.2, -0.15) is 0 Å². The van der Waals surface area contributed by atoms with Crippen LogP contribution >= 0.6 is 11.3 Å². The molecule has 0 saturated heterocycles. The van der Waals surface area contributed by atoms with E-state index in [0.29, 0.717) is 6.54 Å². The number of anilines is 2. The number of nitrogens with zero attached hydrogens (tertiary/aromatic N) is 2. The molecule has 0 spiro atoms. The average Bonchev–Trinajstić information content (AvgIpc) is 3.32. The number of carbonyl (C=O) groups excluding carboxylic acids is 1. The molecule has 0 aromatic carbocycles. The molecule has 1 aromatic rings. The summed E-state index contributed by atoms with van der Waals surface area (Å²) in [5, 5.41) is 18.7. The third kappa shape index (κ3) is 4.39. The number of aliphatic hydroxyl groups excluding tert-OH is 1. The minimum absolute atomic E-state index is 0.0393. The molecule has 0 radical (unpaired) electrons. The number of amidine groups is 1. The van der Waals surface area contributed by atoms with E-state index >= 15 is 0 Å². The van der Waals surface area contributed by atoms with Crippen molar-refractivity contribution in [3.63, 3.8) is 0 Å². The molecule has 0 aliphatic carbocycles. The Hall–Kier alpha value is -2.96. The second-order valence-electron chi connectivity index (χ2n) is 6.73. The van der Waals surface area contributed by atoms with Gasteiger partial charge >= 0.3 is 0 Å². The van der Waals surface area contributed by atoms with E-state index in [0.717, 1.165) is 27.1 Å². The van der Waals surface area contributed by atoms with E-state index in [9.17, 15) is 4.79 Å². The molecule has 0 bridgehead atoms. The Morgan fingerprint density at radius 3 is 3.10 bits per heavy atom. The van der Waals surface area contributed by atoms with Crippen LogP contribution in [0.15, 0.2) is 34.8 Å². The molecule has 1 aromatic heterocycles. The molecule has 29 heavy (non-hydrogen) atoms. The van der Waals surface area contributed by atoms with Gasteiger partial charge in [0.2, 0.25) is 0 Å². The summed E-state index contributed by atoms with van der Waals surface area (Å²) in [6.45, 7) is 4.68. The van der Waals surface area contributed by atoms with Gasteiger partial charge in [-0.15, -0.1) is 11.3 Å². The number of aliphatic hydroxyl groups is 1. The van der Waals surface area contributed by atoms with Gasteiger partial charge in [0.05, 0.1) is 18.8 Å². The number of hydrogen-bond acceptors (Lipinski definition) is 7. The Morgan fingerprint density at radius 2 is 2.41 bits per heavy atom. The quantitative estimate of drug-likeness (QED) is 0.417. The summed E-state index contributed by atoms with van der Waals surface area (Å²) in [5.41, 5.74) is 1.90. The van der Waals surface area contributed by atoms with Gasteiger partial charge in [0, 0.05) is 42.3 Å². The molecule has 2 atom stereocenters. The van der Waals surface area contributed by atoms with Gasteiger partial charge in [0.15, 0.2) is 5.76 Å². The van der Waals surface area contributed by atoms with Crippen LogP contribution in [0.2, 0.25) is 0 Å². The standard InChI is InChI=1S/C20H25N5O3S/c1-5-22-10-13(3)25-11-17(21-4)24-14-9-16(29-20(14)25)18-12(2)8-15(28-18)19(27)23-6-7-26/h1,8-10,12,18,22,26H,6-7,11H2,2-4H3,(H,21,24)(H,23,27)/b13-10-. The topological polar surface area (TPSA) is 98.2 Å². The number of terminal acetylenes is 1. The minimum Gasteiger partial charge on any atom is -0.479 e. The molecule has 154 valence electrons. The fourth-order valence-electron chi connectivity index (χ4n) is 3.19. The molecule has 1 amide bonds. The zero-order valence-corrected chi connectivity index (χ0v) is 17.5. The van der Waals surface area contributed by atoms with Gasteiger partial charge in [0.1, 0.15) is 16.9 Å². The first kappa shape index (κ1) is 20.8. The lowest BCUT2D eigenvalue weighted by atomic mass is 10.0. The summed E-state index contributed by atoms with van der Waals surface area (Å²) in [5.74, 6) is 0.863. The highest BCUT2D eigenvalue weighted by Gasteiger charge is 2.34. The van der Waals surface area contributed by atoms with Crippen LogP contribution in [0.3, 0.4) is 0 Å². The number of aliphatic imine (C=N–C) groups is 1. The Balaban J connectivity index is 1.85. The third-order valence-corrected chi connectivity index (χ3v) is 5.89. The van der Waals surface area contributed by atoms with Crippen molar-refractivity contribution in [1.29, 1.82) is 0 Å². The van der Waals surface area contributed by atoms with Crippen molar-refractivity contribution in [3.8, 4) is 12.5 Å². The van der Waals surface area contributed by atoms with Crippen LogP contribution in [0, 0.1) is 18.4 Å². The summed E-state index contributed by atoms with van der Waals surface area (Å²) < 4.78 is 5.96. The second-order valence-corrected chi connectivity index (χ2v) is 7.79. The number of hydrogen-bond donors (Lipinski definition) is 4. The highest BCUT2D eigenvalue weighted by atomic mass is 32.1. The van der Waals surface area contributed by atoms with Crippen LogP contribution in [0.25, 0.3) is 0 Å². The van der Waals surface area contributed by atoms with Gasteiger partial charge in [-0.1, -0.05) is 13.3 Å². The van der Waals surface area contributed by atoms with Crippen molar-refractivity contribution in [1.82, 2.24) is 10.6 Å². The molecule has 2 unspecified atom stereocenters. The van der Waals surface area contributed by atoms with E-state index in [1.54, 1.807) is 24.6 Å². The Morgan fingerprint density at radius 1 is 1.62 bits per heavy atom. The molecule has 2 aliphatic rings. The van der Waals surface area contributed by atoms with Crippen molar-refractivity contribution in [3.05, 3.63) is 34.7 Å². The number of allylic oxidation sites excluding steroid dienone is 1. The highest BCUT2D eigenvalue weighted by Crippen LogP contribution is 2.47. The van der Waals surface area contributed by atoms with Crippen LogP contribution in [0.5, 0.6) is 0 Å². The number of amides is 1. The number of rotatable bonds is 6. The van der Waals surface area contributed by atoms with Crippen molar-refractivity contribution in [2.45, 2.75) is 20.0 Å². The monoisotopic (exact) mass is 415 g/mol. The molecule has 9 heteroatoms. The summed E-state index contributed by atoms with van der Waals surface area (Å²) in [6, 6.07) is 4.44. The van der Waals surface area contributed by atoms with Gasteiger partial charge < -0.3 is 30.7 Å². The maximum atomic E-state index is 12.2. The fraction of sp³-hybridized carbons (Fsp3) is 0.400. The van der Waals surface area contributed by atoms with E-state index in [-0.39, 0.29) is 36.8 Å². The van der Waals surface area contributed by atoms with E-state index < -0.39 is 0 Å². The average molecular weight is 416 g/mol. The van der Waals surface area contributed by atoms with Gasteiger partial charge in [0.25, 0.3) is 5.91 Å². The molecular weight excluding hydrogens is 390 g/mol. The number of ether oxygens (including phenoxy) is 1. The molecule has 0 saturated carbocycles. The molecule has 0 fully saturated rings. The predicted octanol–water partition coefficient (Wildman–Crippen LogP) is 1.75. The van der Waals surface area contributed by atoms with Crippen LogP contribution < -0.4 is 20.9 Å². The normalized spacial score (nSPS) is 22.3. The first-order chi connectivity index (χ1) is 14.0. The Labute approximate surface area is 174 Å². The maximum absolute atomic E-state index is 12.2. The zero-order chi connectivity index (χ0) is 21.0. The van der Waals surface area contributed by atoms with Crippen molar-refractivity contribution < 1.29 is 14.6 Å². The molecule has 3 heterocycles. The predicted molar refractivity (Wildman–Crippen MR) is 116 cm³/mol. The van der Waals surface area contributed by atoms with Crippen molar-refractivity contribution in [2.24, 2.45) is 10.9 Å². The van der Waals surface area contributed by atoms with Crippen LogP contribution in [-0.2, 0) is 9.53 Å². The van der Waals surface area contributed by atoms with Crippen molar-refractivity contribution in [2.75, 3.05) is 37.0 Å². The number of thiophene rings is 1. The first-order valence-corrected chi connectivity index (χ1v) is 10.1. The summed E-state index contributed by atoms with van der Waals surface area (Å²) in [7, 11) is 1.75. The molecule has 3 rings (SSSR count). The zero-order valence-electron chi connectivity index (χ0n) is 16.7. The molecule has 8 nitrogen and oxygen atoms in total.